The molecule has 5 nitrogen and oxygen atoms in total. The van der Waals surface area contributed by atoms with Crippen molar-refractivity contribution in [2.24, 2.45) is 0 Å². The summed E-state index contributed by atoms with van der Waals surface area (Å²) in [4.78, 5) is 12.7. The fraction of sp³-hybridized carbons (Fsp3) is 0.154. The molecule has 174 valence electrons. The largest absolute Gasteiger partial charge is 0.489 e. The van der Waals surface area contributed by atoms with Gasteiger partial charge in [0, 0.05) is 32.4 Å². The van der Waals surface area contributed by atoms with E-state index in [1.54, 1.807) is 47.4 Å². The van der Waals surface area contributed by atoms with E-state index in [1.165, 1.54) is 0 Å². The number of aromatic nitrogens is 2. The average Bonchev–Trinajstić information content (AvgIpc) is 3.25. The van der Waals surface area contributed by atoms with Crippen LogP contribution in [0.4, 0.5) is 5.69 Å². The highest BCUT2D eigenvalue weighted by Gasteiger charge is 2.11. The molecule has 0 unspecified atom stereocenters. The lowest BCUT2D eigenvalue weighted by Crippen LogP contribution is -2.11. The zero-order valence-electron chi connectivity index (χ0n) is 18.6. The summed E-state index contributed by atoms with van der Waals surface area (Å²) in [6.07, 6.45) is 3.32. The molecule has 8 heteroatoms. The predicted octanol–water partition coefficient (Wildman–Crippen LogP) is 7.34. The maximum atomic E-state index is 12.7. The maximum absolute atomic E-state index is 12.7. The number of amides is 1. The number of aryl methyl sites for hydroxylation is 2. The Bertz CT molecular complexity index is 1290. The van der Waals surface area contributed by atoms with Crippen molar-refractivity contribution < 1.29 is 9.53 Å². The minimum Gasteiger partial charge on any atom is -0.489 e. The molecule has 0 radical (unpaired) electrons. The van der Waals surface area contributed by atoms with E-state index in [0.29, 0.717) is 34.4 Å². The first-order valence-corrected chi connectivity index (χ1v) is 11.7. The van der Waals surface area contributed by atoms with Gasteiger partial charge in [0.05, 0.1) is 18.4 Å². The molecule has 1 aromatic heterocycles. The molecule has 0 saturated heterocycles. The summed E-state index contributed by atoms with van der Waals surface area (Å²) in [5.74, 6) is 0.531. The minimum absolute atomic E-state index is 0.230. The predicted molar refractivity (Wildman–Crippen MR) is 137 cm³/mol. The topological polar surface area (TPSA) is 56.1 Å². The second kappa shape index (κ2) is 10.5. The molecule has 0 aliphatic heterocycles. The highest BCUT2D eigenvalue weighted by molar-refractivity contribution is 6.36. The van der Waals surface area contributed by atoms with Crippen molar-refractivity contribution in [1.29, 1.82) is 0 Å². The zero-order chi connectivity index (χ0) is 24.2. The smallest absolute Gasteiger partial charge is 0.255 e. The molecular weight excluding hydrogens is 493 g/mol. The minimum atomic E-state index is -0.230. The van der Waals surface area contributed by atoms with Gasteiger partial charge < -0.3 is 10.1 Å². The summed E-state index contributed by atoms with van der Waals surface area (Å²) in [6.45, 7) is 4.69. The molecule has 4 rings (SSSR count). The molecular formula is C26H22Cl3N3O2. The van der Waals surface area contributed by atoms with Crippen molar-refractivity contribution in [2.75, 3.05) is 5.32 Å². The number of carbonyl (C=O) groups is 1. The fourth-order valence-electron chi connectivity index (χ4n) is 3.47. The van der Waals surface area contributed by atoms with E-state index in [2.05, 4.69) is 10.4 Å². The van der Waals surface area contributed by atoms with E-state index < -0.39 is 0 Å². The van der Waals surface area contributed by atoms with Gasteiger partial charge in [-0.25, -0.2) is 0 Å². The monoisotopic (exact) mass is 513 g/mol. The Balaban J connectivity index is 1.35. The molecule has 0 atom stereocenters. The van der Waals surface area contributed by atoms with Crippen LogP contribution < -0.4 is 10.1 Å². The lowest BCUT2D eigenvalue weighted by Gasteiger charge is -2.10. The van der Waals surface area contributed by atoms with Gasteiger partial charge in [-0.3, -0.25) is 9.48 Å². The van der Waals surface area contributed by atoms with E-state index in [0.717, 1.165) is 33.0 Å². The molecule has 0 aliphatic carbocycles. The van der Waals surface area contributed by atoms with Crippen molar-refractivity contribution in [2.45, 2.75) is 27.0 Å². The fourth-order valence-corrected chi connectivity index (χ4v) is 4.10. The molecule has 0 saturated carbocycles. The van der Waals surface area contributed by atoms with E-state index in [-0.39, 0.29) is 5.91 Å². The zero-order valence-corrected chi connectivity index (χ0v) is 20.9. The van der Waals surface area contributed by atoms with Crippen LogP contribution in [0.1, 0.15) is 32.6 Å². The molecule has 1 N–H and O–H groups in total. The Kier molecular flexibility index (Phi) is 7.47. The van der Waals surface area contributed by atoms with Crippen LogP contribution in [0, 0.1) is 13.8 Å². The number of nitrogens with one attached hydrogen (secondary N) is 1. The normalized spacial score (nSPS) is 10.9. The Morgan fingerprint density at radius 3 is 2.29 bits per heavy atom. The summed E-state index contributed by atoms with van der Waals surface area (Å²) in [5, 5.41) is 9.03. The average molecular weight is 515 g/mol. The van der Waals surface area contributed by atoms with Gasteiger partial charge in [0.2, 0.25) is 0 Å². The van der Waals surface area contributed by atoms with Crippen LogP contribution in [0.5, 0.6) is 5.75 Å². The first-order chi connectivity index (χ1) is 16.3. The number of benzene rings is 3. The quantitative estimate of drug-likeness (QED) is 0.281. The van der Waals surface area contributed by atoms with Crippen molar-refractivity contribution in [1.82, 2.24) is 9.78 Å². The number of ether oxygens (including phenoxy) is 1. The standard InChI is InChI=1S/C26H22Cl3N3O2/c1-16-10-21(11-17(2)25(16)29)34-15-18-6-8-19(9-7-18)26(33)31-20-12-30-32(13-20)14-22-23(27)4-3-5-24(22)28/h3-13H,14-15H2,1-2H3,(H,31,33). The van der Waals surface area contributed by atoms with Gasteiger partial charge in [-0.05, 0) is 66.9 Å². The Morgan fingerprint density at radius 1 is 1.00 bits per heavy atom. The Hall–Kier alpha value is -2.99. The Labute approximate surface area is 213 Å². The van der Waals surface area contributed by atoms with Crippen LogP contribution in [0.2, 0.25) is 15.1 Å². The van der Waals surface area contributed by atoms with Gasteiger partial charge in [0.25, 0.3) is 5.91 Å². The lowest BCUT2D eigenvalue weighted by molar-refractivity contribution is 0.102. The van der Waals surface area contributed by atoms with E-state index in [1.807, 2.05) is 38.1 Å². The number of hydrogen-bond donors (Lipinski definition) is 1. The number of nitrogens with zero attached hydrogens (tertiary/aromatic N) is 2. The highest BCUT2D eigenvalue weighted by atomic mass is 35.5. The molecule has 3 aromatic carbocycles. The van der Waals surface area contributed by atoms with E-state index >= 15 is 0 Å². The van der Waals surface area contributed by atoms with Gasteiger partial charge in [0.1, 0.15) is 12.4 Å². The van der Waals surface area contributed by atoms with Crippen molar-refractivity contribution >= 4 is 46.4 Å². The second-order valence-electron chi connectivity index (χ2n) is 7.94. The van der Waals surface area contributed by atoms with Gasteiger partial charge in [-0.1, -0.05) is 53.0 Å². The van der Waals surface area contributed by atoms with Crippen LogP contribution in [0.25, 0.3) is 0 Å². The lowest BCUT2D eigenvalue weighted by atomic mass is 10.1. The molecule has 1 amide bonds. The third kappa shape index (κ3) is 5.73. The van der Waals surface area contributed by atoms with Crippen molar-refractivity contribution in [3.63, 3.8) is 0 Å². The van der Waals surface area contributed by atoms with Gasteiger partial charge >= 0.3 is 0 Å². The number of halogens is 3. The number of carbonyl (C=O) groups excluding carboxylic acids is 1. The SMILES string of the molecule is Cc1cc(OCc2ccc(C(=O)Nc3cnn(Cc4c(Cl)cccc4Cl)c3)cc2)cc(C)c1Cl. The molecule has 4 aromatic rings. The summed E-state index contributed by atoms with van der Waals surface area (Å²) < 4.78 is 7.55. The van der Waals surface area contributed by atoms with Gasteiger partial charge in [-0.2, -0.15) is 5.10 Å². The third-order valence-corrected chi connectivity index (χ3v) is 6.61. The first kappa shape index (κ1) is 24.1. The first-order valence-electron chi connectivity index (χ1n) is 10.6. The summed E-state index contributed by atoms with van der Waals surface area (Å²) >= 11 is 18.7. The summed E-state index contributed by atoms with van der Waals surface area (Å²) in [7, 11) is 0. The maximum Gasteiger partial charge on any atom is 0.255 e. The summed E-state index contributed by atoms with van der Waals surface area (Å²) in [6, 6.07) is 16.4. The van der Waals surface area contributed by atoms with Crippen molar-refractivity contribution in [3.8, 4) is 5.75 Å². The Morgan fingerprint density at radius 2 is 1.65 bits per heavy atom. The molecule has 0 bridgehead atoms. The third-order valence-electron chi connectivity index (χ3n) is 5.30. The van der Waals surface area contributed by atoms with Crippen molar-refractivity contribution in [3.05, 3.63) is 110 Å². The van der Waals surface area contributed by atoms with E-state index in [4.69, 9.17) is 39.5 Å². The molecule has 1 heterocycles. The molecule has 0 spiro atoms. The molecule has 34 heavy (non-hydrogen) atoms. The molecule has 0 aliphatic rings. The van der Waals surface area contributed by atoms with Crippen LogP contribution in [0.3, 0.4) is 0 Å². The number of hydrogen-bond acceptors (Lipinski definition) is 3. The van der Waals surface area contributed by atoms with Gasteiger partial charge in [0.15, 0.2) is 0 Å². The highest BCUT2D eigenvalue weighted by Crippen LogP contribution is 2.27. The second-order valence-corrected chi connectivity index (χ2v) is 9.13. The van der Waals surface area contributed by atoms with E-state index in [9.17, 15) is 4.79 Å². The van der Waals surface area contributed by atoms with Crippen LogP contribution in [0.15, 0.2) is 67.0 Å². The van der Waals surface area contributed by atoms with Crippen LogP contribution in [-0.2, 0) is 13.2 Å². The van der Waals surface area contributed by atoms with Gasteiger partial charge in [-0.15, -0.1) is 0 Å². The molecule has 0 fully saturated rings. The van der Waals surface area contributed by atoms with Crippen LogP contribution in [-0.4, -0.2) is 15.7 Å². The number of rotatable bonds is 7. The van der Waals surface area contributed by atoms with Crippen LogP contribution >= 0.6 is 34.8 Å². The summed E-state index contributed by atoms with van der Waals surface area (Å²) in [5.41, 5.74) is 4.78. The number of anilines is 1.